The van der Waals surface area contributed by atoms with Crippen LogP contribution in [-0.4, -0.2) is 34.1 Å². The molecule has 1 N–H and O–H groups in total. The first-order valence-corrected chi connectivity index (χ1v) is 9.65. The number of nitrogens with zero attached hydrogens (tertiary/aromatic N) is 3. The van der Waals surface area contributed by atoms with Crippen LogP contribution in [-0.2, 0) is 16.9 Å². The Morgan fingerprint density at radius 2 is 2.04 bits per heavy atom. The molecule has 1 aliphatic heterocycles. The van der Waals surface area contributed by atoms with E-state index < -0.39 is 11.6 Å². The van der Waals surface area contributed by atoms with Crippen LogP contribution in [0.2, 0.25) is 0 Å². The van der Waals surface area contributed by atoms with Crippen molar-refractivity contribution in [3.05, 3.63) is 52.5 Å². The third-order valence-electron chi connectivity index (χ3n) is 4.83. The Kier molecular flexibility index (Phi) is 4.60. The Morgan fingerprint density at radius 3 is 2.68 bits per heavy atom. The van der Waals surface area contributed by atoms with Gasteiger partial charge >= 0.3 is 6.03 Å². The van der Waals surface area contributed by atoms with E-state index in [1.807, 2.05) is 23.8 Å². The molecule has 3 aromatic rings. The Hall–Kier alpha value is -3.20. The van der Waals surface area contributed by atoms with Gasteiger partial charge in [-0.15, -0.1) is 0 Å². The zero-order valence-corrected chi connectivity index (χ0v) is 16.2. The van der Waals surface area contributed by atoms with Crippen LogP contribution >= 0.6 is 11.3 Å². The van der Waals surface area contributed by atoms with Gasteiger partial charge in [-0.25, -0.2) is 4.79 Å². The van der Waals surface area contributed by atoms with Crippen LogP contribution in [0, 0.1) is 0 Å². The number of ether oxygens (including phenoxy) is 1. The standard InChI is InChI=1S/C19H18N4O4S/c1-3-19(13-4-6-14(26-2)7-5-13)17(24)23(18(25)21-19)10-15-20-16(22-27-15)12-8-9-28-11-12/h4-9,11H,3,10H2,1-2H3,(H,21,25)/t19-/m1/s1. The second-order valence-corrected chi connectivity index (χ2v) is 7.11. The predicted molar refractivity (Wildman–Crippen MR) is 102 cm³/mol. The van der Waals surface area contributed by atoms with Crippen LogP contribution in [0.25, 0.3) is 11.4 Å². The molecule has 0 aliphatic carbocycles. The largest absolute Gasteiger partial charge is 0.497 e. The number of carbonyl (C=O) groups is 2. The molecule has 3 heterocycles. The summed E-state index contributed by atoms with van der Waals surface area (Å²) in [6.45, 7) is 1.77. The molecule has 2 aromatic heterocycles. The highest BCUT2D eigenvalue weighted by Crippen LogP contribution is 2.34. The van der Waals surface area contributed by atoms with Crippen molar-refractivity contribution in [1.82, 2.24) is 20.4 Å². The van der Waals surface area contributed by atoms with Crippen LogP contribution < -0.4 is 10.1 Å². The van der Waals surface area contributed by atoms with Gasteiger partial charge in [0.05, 0.1) is 7.11 Å². The maximum atomic E-state index is 13.2. The first kappa shape index (κ1) is 18.2. The van der Waals surface area contributed by atoms with Gasteiger partial charge in [-0.3, -0.25) is 9.69 Å². The fourth-order valence-electron chi connectivity index (χ4n) is 3.25. The number of benzene rings is 1. The van der Waals surface area contributed by atoms with Crippen LogP contribution in [0.1, 0.15) is 24.8 Å². The molecular formula is C19H18N4O4S. The molecule has 9 heteroatoms. The maximum absolute atomic E-state index is 13.2. The first-order valence-electron chi connectivity index (χ1n) is 8.71. The van der Waals surface area contributed by atoms with Gasteiger partial charge in [0.1, 0.15) is 17.8 Å². The minimum Gasteiger partial charge on any atom is -0.497 e. The molecule has 8 nitrogen and oxygen atoms in total. The number of amides is 3. The summed E-state index contributed by atoms with van der Waals surface area (Å²) in [7, 11) is 1.57. The van der Waals surface area contributed by atoms with E-state index in [1.54, 1.807) is 31.4 Å². The number of hydrogen-bond acceptors (Lipinski definition) is 7. The average Bonchev–Trinajstić information content (AvgIpc) is 3.45. The highest BCUT2D eigenvalue weighted by Gasteiger charge is 2.51. The number of urea groups is 1. The molecule has 1 aliphatic rings. The van der Waals surface area contributed by atoms with Crippen molar-refractivity contribution in [1.29, 1.82) is 0 Å². The van der Waals surface area contributed by atoms with Crippen molar-refractivity contribution in [3.8, 4) is 17.1 Å². The molecule has 0 unspecified atom stereocenters. The number of imide groups is 1. The van der Waals surface area contributed by atoms with Gasteiger partial charge in [-0.1, -0.05) is 24.2 Å². The number of hydrogen-bond donors (Lipinski definition) is 1. The third kappa shape index (κ3) is 2.93. The Labute approximate surface area is 165 Å². The predicted octanol–water partition coefficient (Wildman–Crippen LogP) is 3.16. The lowest BCUT2D eigenvalue weighted by Gasteiger charge is -2.25. The summed E-state index contributed by atoms with van der Waals surface area (Å²) in [4.78, 5) is 31.2. The molecule has 1 atom stereocenters. The van der Waals surface area contributed by atoms with Crippen molar-refractivity contribution >= 4 is 23.3 Å². The van der Waals surface area contributed by atoms with E-state index in [-0.39, 0.29) is 18.3 Å². The minimum absolute atomic E-state index is 0.0836. The van der Waals surface area contributed by atoms with Crippen LogP contribution in [0.3, 0.4) is 0 Å². The van der Waals surface area contributed by atoms with E-state index in [4.69, 9.17) is 9.26 Å². The van der Waals surface area contributed by atoms with Gasteiger partial charge in [-0.2, -0.15) is 16.3 Å². The number of rotatable bonds is 6. The van der Waals surface area contributed by atoms with Crippen molar-refractivity contribution < 1.29 is 18.8 Å². The monoisotopic (exact) mass is 398 g/mol. The lowest BCUT2D eigenvalue weighted by atomic mass is 9.87. The fraction of sp³-hybridized carbons (Fsp3) is 0.263. The van der Waals surface area contributed by atoms with E-state index in [9.17, 15) is 9.59 Å². The summed E-state index contributed by atoms with van der Waals surface area (Å²) in [6, 6.07) is 8.48. The summed E-state index contributed by atoms with van der Waals surface area (Å²) in [5.41, 5.74) is 0.402. The Morgan fingerprint density at radius 1 is 1.25 bits per heavy atom. The van der Waals surface area contributed by atoms with Gasteiger partial charge in [0.25, 0.3) is 5.91 Å². The molecule has 0 radical (unpaired) electrons. The summed E-state index contributed by atoms with van der Waals surface area (Å²) in [5, 5.41) is 10.6. The highest BCUT2D eigenvalue weighted by atomic mass is 32.1. The van der Waals surface area contributed by atoms with E-state index in [0.717, 1.165) is 10.5 Å². The van der Waals surface area contributed by atoms with Crippen LogP contribution in [0.15, 0.2) is 45.6 Å². The molecule has 1 saturated heterocycles. The zero-order chi connectivity index (χ0) is 19.7. The number of nitrogens with one attached hydrogen (secondary N) is 1. The van der Waals surface area contributed by atoms with Gasteiger partial charge in [0.15, 0.2) is 0 Å². The van der Waals surface area contributed by atoms with E-state index in [0.29, 0.717) is 23.6 Å². The minimum atomic E-state index is -1.13. The molecule has 0 spiro atoms. The molecule has 1 fully saturated rings. The normalized spacial score (nSPS) is 19.1. The summed E-state index contributed by atoms with van der Waals surface area (Å²) >= 11 is 1.52. The smallest absolute Gasteiger partial charge is 0.325 e. The lowest BCUT2D eigenvalue weighted by Crippen LogP contribution is -2.43. The average molecular weight is 398 g/mol. The van der Waals surface area contributed by atoms with Gasteiger partial charge < -0.3 is 14.6 Å². The van der Waals surface area contributed by atoms with Crippen molar-refractivity contribution in [2.24, 2.45) is 0 Å². The summed E-state index contributed by atoms with van der Waals surface area (Å²) in [6.07, 6.45) is 0.407. The maximum Gasteiger partial charge on any atom is 0.325 e. The molecule has 0 bridgehead atoms. The quantitative estimate of drug-likeness (QED) is 0.641. The van der Waals surface area contributed by atoms with Gasteiger partial charge in [-0.05, 0) is 35.6 Å². The molecular weight excluding hydrogens is 380 g/mol. The molecule has 3 amide bonds. The third-order valence-corrected chi connectivity index (χ3v) is 5.51. The molecule has 1 aromatic carbocycles. The Bertz CT molecular complexity index is 999. The van der Waals surface area contributed by atoms with Gasteiger partial charge in [0, 0.05) is 10.9 Å². The first-order chi connectivity index (χ1) is 13.6. The zero-order valence-electron chi connectivity index (χ0n) is 15.3. The Balaban J connectivity index is 1.59. The summed E-state index contributed by atoms with van der Waals surface area (Å²) < 4.78 is 10.4. The fourth-order valence-corrected chi connectivity index (χ4v) is 3.88. The van der Waals surface area contributed by atoms with E-state index in [1.165, 1.54) is 11.3 Å². The summed E-state index contributed by atoms with van der Waals surface area (Å²) in [5.74, 6) is 0.961. The van der Waals surface area contributed by atoms with Crippen molar-refractivity contribution in [2.75, 3.05) is 7.11 Å². The number of methoxy groups -OCH3 is 1. The highest BCUT2D eigenvalue weighted by molar-refractivity contribution is 7.08. The SMILES string of the molecule is CC[C@]1(c2ccc(OC)cc2)NC(=O)N(Cc2nc(-c3ccsc3)no2)C1=O. The second kappa shape index (κ2) is 7.08. The number of aromatic nitrogens is 2. The molecule has 28 heavy (non-hydrogen) atoms. The lowest BCUT2D eigenvalue weighted by molar-refractivity contribution is -0.132. The molecule has 4 rings (SSSR count). The number of thiophene rings is 1. The van der Waals surface area contributed by atoms with Crippen LogP contribution in [0.5, 0.6) is 5.75 Å². The van der Waals surface area contributed by atoms with Crippen molar-refractivity contribution in [2.45, 2.75) is 25.4 Å². The molecule has 144 valence electrons. The van der Waals surface area contributed by atoms with Crippen LogP contribution in [0.4, 0.5) is 4.79 Å². The molecule has 0 saturated carbocycles. The topological polar surface area (TPSA) is 97.6 Å². The number of carbonyl (C=O) groups excluding carboxylic acids is 2. The van der Waals surface area contributed by atoms with E-state index in [2.05, 4.69) is 15.5 Å². The van der Waals surface area contributed by atoms with E-state index >= 15 is 0 Å². The second-order valence-electron chi connectivity index (χ2n) is 6.33. The van der Waals surface area contributed by atoms with Crippen molar-refractivity contribution in [3.63, 3.8) is 0 Å². The van der Waals surface area contributed by atoms with Gasteiger partial charge in [0.2, 0.25) is 11.7 Å².